The van der Waals surface area contributed by atoms with Crippen LogP contribution in [-0.4, -0.2) is 20.8 Å². The molecule has 0 heterocycles. The summed E-state index contributed by atoms with van der Waals surface area (Å²) in [5.41, 5.74) is 0.989. The summed E-state index contributed by atoms with van der Waals surface area (Å²) in [6, 6.07) is 4.86. The Morgan fingerprint density at radius 3 is 2.63 bits per heavy atom. The van der Waals surface area contributed by atoms with Crippen molar-refractivity contribution >= 4 is 27.3 Å². The SMILES string of the molecule is CCC(C#N)S(=O)(=O)Nc1cc(C)c(Cl)cc1OC. The molecule has 0 aliphatic carbocycles. The highest BCUT2D eigenvalue weighted by Crippen LogP contribution is 2.32. The number of rotatable bonds is 5. The summed E-state index contributed by atoms with van der Waals surface area (Å²) in [6.07, 6.45) is 0.209. The zero-order chi connectivity index (χ0) is 14.6. The highest BCUT2D eigenvalue weighted by molar-refractivity contribution is 7.93. The van der Waals surface area contributed by atoms with E-state index in [-0.39, 0.29) is 12.1 Å². The second-order valence-electron chi connectivity index (χ2n) is 3.97. The van der Waals surface area contributed by atoms with Gasteiger partial charge in [-0.15, -0.1) is 0 Å². The monoisotopic (exact) mass is 302 g/mol. The van der Waals surface area contributed by atoms with Crippen LogP contribution in [0.2, 0.25) is 5.02 Å². The molecule has 0 saturated heterocycles. The van der Waals surface area contributed by atoms with Crippen LogP contribution in [-0.2, 0) is 10.0 Å². The summed E-state index contributed by atoms with van der Waals surface area (Å²) in [7, 11) is -2.35. The molecule has 1 rings (SSSR count). The van der Waals surface area contributed by atoms with E-state index < -0.39 is 15.3 Å². The van der Waals surface area contributed by atoms with Gasteiger partial charge in [-0.25, -0.2) is 8.42 Å². The summed E-state index contributed by atoms with van der Waals surface area (Å²) >= 11 is 5.94. The van der Waals surface area contributed by atoms with Crippen LogP contribution in [0.1, 0.15) is 18.9 Å². The number of hydrogen-bond donors (Lipinski definition) is 1. The molecule has 104 valence electrons. The predicted molar refractivity (Wildman–Crippen MR) is 75.0 cm³/mol. The Morgan fingerprint density at radius 2 is 2.16 bits per heavy atom. The summed E-state index contributed by atoms with van der Waals surface area (Å²) in [4.78, 5) is 0. The van der Waals surface area contributed by atoms with Gasteiger partial charge < -0.3 is 4.74 Å². The van der Waals surface area contributed by atoms with Crippen molar-refractivity contribution in [3.63, 3.8) is 0 Å². The number of nitrogens with one attached hydrogen (secondary N) is 1. The number of benzene rings is 1. The Hall–Kier alpha value is -1.45. The molecule has 0 bridgehead atoms. The van der Waals surface area contributed by atoms with Gasteiger partial charge in [0.1, 0.15) is 5.75 Å². The van der Waals surface area contributed by atoms with Crippen LogP contribution in [0.4, 0.5) is 5.69 Å². The Bertz CT molecular complexity index is 608. The maximum atomic E-state index is 12.0. The molecule has 7 heteroatoms. The standard InChI is InChI=1S/C12H15ClN2O3S/c1-4-9(7-14)19(16,17)15-11-5-8(2)10(13)6-12(11)18-3/h5-6,9,15H,4H2,1-3H3. The molecule has 1 aromatic carbocycles. The van der Waals surface area contributed by atoms with Crippen molar-refractivity contribution in [3.8, 4) is 11.8 Å². The molecule has 0 aromatic heterocycles. The van der Waals surface area contributed by atoms with Crippen molar-refractivity contribution in [2.75, 3.05) is 11.8 Å². The van der Waals surface area contributed by atoms with Gasteiger partial charge in [-0.2, -0.15) is 5.26 Å². The molecule has 0 fully saturated rings. The first-order chi connectivity index (χ1) is 8.85. The van der Waals surface area contributed by atoms with Crippen LogP contribution in [0.3, 0.4) is 0 Å². The number of ether oxygens (including phenoxy) is 1. The van der Waals surface area contributed by atoms with Crippen LogP contribution in [0.15, 0.2) is 12.1 Å². The minimum Gasteiger partial charge on any atom is -0.495 e. The lowest BCUT2D eigenvalue weighted by molar-refractivity contribution is 0.417. The van der Waals surface area contributed by atoms with Gasteiger partial charge in [0.15, 0.2) is 5.25 Å². The first kappa shape index (κ1) is 15.6. The topological polar surface area (TPSA) is 79.2 Å². The number of aryl methyl sites for hydroxylation is 1. The lowest BCUT2D eigenvalue weighted by Gasteiger charge is -2.15. The molecule has 0 saturated carbocycles. The van der Waals surface area contributed by atoms with Crippen molar-refractivity contribution in [1.82, 2.24) is 0 Å². The van der Waals surface area contributed by atoms with E-state index in [1.807, 2.05) is 0 Å². The fourth-order valence-corrected chi connectivity index (χ4v) is 2.86. The average molecular weight is 303 g/mol. The fraction of sp³-hybridized carbons (Fsp3) is 0.417. The van der Waals surface area contributed by atoms with E-state index in [0.717, 1.165) is 0 Å². The van der Waals surface area contributed by atoms with E-state index in [9.17, 15) is 8.42 Å². The zero-order valence-electron chi connectivity index (χ0n) is 10.9. The van der Waals surface area contributed by atoms with Crippen LogP contribution >= 0.6 is 11.6 Å². The highest BCUT2D eigenvalue weighted by Gasteiger charge is 2.24. The number of methoxy groups -OCH3 is 1. The van der Waals surface area contributed by atoms with Gasteiger partial charge in [-0.3, -0.25) is 4.72 Å². The second-order valence-corrected chi connectivity index (χ2v) is 6.25. The lowest BCUT2D eigenvalue weighted by atomic mass is 10.2. The van der Waals surface area contributed by atoms with Crippen LogP contribution in [0.5, 0.6) is 5.75 Å². The van der Waals surface area contributed by atoms with E-state index in [0.29, 0.717) is 16.3 Å². The third-order valence-electron chi connectivity index (χ3n) is 2.62. The Balaban J connectivity index is 3.20. The molecule has 1 unspecified atom stereocenters. The molecule has 1 atom stereocenters. The van der Waals surface area contributed by atoms with Crippen LogP contribution in [0, 0.1) is 18.3 Å². The van der Waals surface area contributed by atoms with E-state index in [1.165, 1.54) is 13.2 Å². The fourth-order valence-electron chi connectivity index (χ4n) is 1.52. The number of nitriles is 1. The zero-order valence-corrected chi connectivity index (χ0v) is 12.5. The number of sulfonamides is 1. The van der Waals surface area contributed by atoms with Gasteiger partial charge in [0.05, 0.1) is 18.9 Å². The van der Waals surface area contributed by atoms with Gasteiger partial charge >= 0.3 is 0 Å². The third-order valence-corrected chi connectivity index (χ3v) is 4.72. The molecular formula is C12H15ClN2O3S. The second kappa shape index (κ2) is 6.13. The third kappa shape index (κ3) is 3.52. The molecule has 0 aliphatic heterocycles. The summed E-state index contributed by atoms with van der Waals surface area (Å²) in [6.45, 7) is 3.39. The maximum Gasteiger partial charge on any atom is 0.249 e. The smallest absolute Gasteiger partial charge is 0.249 e. The lowest BCUT2D eigenvalue weighted by Crippen LogP contribution is -2.26. The maximum absolute atomic E-state index is 12.0. The van der Waals surface area contributed by atoms with E-state index in [4.69, 9.17) is 21.6 Å². The van der Waals surface area contributed by atoms with Crippen molar-refractivity contribution in [3.05, 3.63) is 22.7 Å². The molecule has 1 aromatic rings. The number of nitrogens with zero attached hydrogens (tertiary/aromatic N) is 1. The van der Waals surface area contributed by atoms with E-state index in [2.05, 4.69) is 4.72 Å². The summed E-state index contributed by atoms with van der Waals surface area (Å²) < 4.78 is 31.5. The Labute approximate surface area is 118 Å². The largest absolute Gasteiger partial charge is 0.495 e. The summed E-state index contributed by atoms with van der Waals surface area (Å²) in [5, 5.41) is 8.22. The Morgan fingerprint density at radius 1 is 1.53 bits per heavy atom. The molecule has 19 heavy (non-hydrogen) atoms. The number of hydrogen-bond acceptors (Lipinski definition) is 4. The summed E-state index contributed by atoms with van der Waals surface area (Å²) in [5.74, 6) is 0.312. The average Bonchev–Trinajstić information content (AvgIpc) is 2.34. The van der Waals surface area contributed by atoms with Crippen molar-refractivity contribution in [2.45, 2.75) is 25.5 Å². The van der Waals surface area contributed by atoms with E-state index in [1.54, 1.807) is 26.0 Å². The molecule has 0 aliphatic rings. The van der Waals surface area contributed by atoms with Gasteiger partial charge in [0.25, 0.3) is 0 Å². The minimum absolute atomic E-state index is 0.209. The first-order valence-corrected chi connectivity index (χ1v) is 7.53. The van der Waals surface area contributed by atoms with Crippen molar-refractivity contribution in [1.29, 1.82) is 5.26 Å². The predicted octanol–water partition coefficient (Wildman–Crippen LogP) is 2.70. The van der Waals surface area contributed by atoms with Crippen molar-refractivity contribution in [2.24, 2.45) is 0 Å². The van der Waals surface area contributed by atoms with Gasteiger partial charge in [-0.1, -0.05) is 18.5 Å². The molecule has 0 spiro atoms. The number of halogens is 1. The van der Waals surface area contributed by atoms with Gasteiger partial charge in [0, 0.05) is 11.1 Å². The molecule has 0 amide bonds. The molecule has 5 nitrogen and oxygen atoms in total. The quantitative estimate of drug-likeness (QED) is 0.907. The molecular weight excluding hydrogens is 288 g/mol. The number of anilines is 1. The first-order valence-electron chi connectivity index (χ1n) is 5.61. The minimum atomic E-state index is -3.77. The molecule has 1 N–H and O–H groups in total. The van der Waals surface area contributed by atoms with Crippen LogP contribution in [0.25, 0.3) is 0 Å². The normalized spacial score (nSPS) is 12.6. The molecule has 0 radical (unpaired) electrons. The van der Waals surface area contributed by atoms with Gasteiger partial charge in [0.2, 0.25) is 10.0 Å². The van der Waals surface area contributed by atoms with Crippen LogP contribution < -0.4 is 9.46 Å². The van der Waals surface area contributed by atoms with Crippen molar-refractivity contribution < 1.29 is 13.2 Å². The Kier molecular flexibility index (Phi) is 5.04. The van der Waals surface area contributed by atoms with E-state index >= 15 is 0 Å². The highest BCUT2D eigenvalue weighted by atomic mass is 35.5. The van der Waals surface area contributed by atoms with Gasteiger partial charge in [-0.05, 0) is 25.0 Å².